The van der Waals surface area contributed by atoms with Gasteiger partial charge in [-0.2, -0.15) is 0 Å². The molecule has 2 aliphatic rings. The van der Waals surface area contributed by atoms with Gasteiger partial charge < -0.3 is 9.80 Å². The average molecular weight is 239 g/mol. The maximum atomic E-state index is 12.2. The lowest BCUT2D eigenvalue weighted by Crippen LogP contribution is -2.43. The second-order valence-electron chi connectivity index (χ2n) is 5.09. The molecule has 0 saturated carbocycles. The summed E-state index contributed by atoms with van der Waals surface area (Å²) < 4.78 is 0. The van der Waals surface area contributed by atoms with Gasteiger partial charge in [-0.25, -0.2) is 4.79 Å². The summed E-state index contributed by atoms with van der Waals surface area (Å²) in [6.45, 7) is 10.1. The summed E-state index contributed by atoms with van der Waals surface area (Å²) in [5.41, 5.74) is 0. The van der Waals surface area contributed by atoms with Crippen LogP contribution in [0.5, 0.6) is 0 Å². The summed E-state index contributed by atoms with van der Waals surface area (Å²) in [6, 6.07) is 0.855. The van der Waals surface area contributed by atoms with Crippen LogP contribution < -0.4 is 0 Å². The highest BCUT2D eigenvalue weighted by Gasteiger charge is 2.32. The molecule has 0 bridgehead atoms. The van der Waals surface area contributed by atoms with Gasteiger partial charge in [0.1, 0.15) is 0 Å². The molecule has 4 heteroatoms. The first-order valence-electron chi connectivity index (χ1n) is 7.04. The molecular weight excluding hydrogens is 214 g/mol. The first-order valence-corrected chi connectivity index (χ1v) is 7.04. The normalized spacial score (nSPS) is 25.5. The standard InChI is InChI=1S/C13H25N3O/c1-3-14(4-2)13(17)16-10-7-12(11-16)15-8-5-6-9-15/h12H,3-11H2,1-2H3. The quantitative estimate of drug-likeness (QED) is 0.748. The van der Waals surface area contributed by atoms with Crippen LogP contribution in [0.1, 0.15) is 33.1 Å². The highest BCUT2D eigenvalue weighted by atomic mass is 16.2. The molecule has 0 radical (unpaired) electrons. The smallest absolute Gasteiger partial charge is 0.320 e. The third-order valence-corrected chi connectivity index (χ3v) is 4.12. The molecule has 1 atom stereocenters. The summed E-state index contributed by atoms with van der Waals surface area (Å²) >= 11 is 0. The minimum atomic E-state index is 0.233. The van der Waals surface area contributed by atoms with Crippen LogP contribution in [-0.2, 0) is 0 Å². The fraction of sp³-hybridized carbons (Fsp3) is 0.923. The number of carbonyl (C=O) groups excluding carboxylic acids is 1. The lowest BCUT2D eigenvalue weighted by atomic mass is 10.2. The Hall–Kier alpha value is -0.770. The number of carbonyl (C=O) groups is 1. The molecule has 2 fully saturated rings. The lowest BCUT2D eigenvalue weighted by molar-refractivity contribution is 0.161. The van der Waals surface area contributed by atoms with Crippen LogP contribution in [0, 0.1) is 0 Å². The number of likely N-dealkylation sites (tertiary alicyclic amines) is 2. The van der Waals surface area contributed by atoms with Crippen molar-refractivity contribution in [2.75, 3.05) is 39.3 Å². The van der Waals surface area contributed by atoms with Gasteiger partial charge in [0.05, 0.1) is 0 Å². The third kappa shape index (κ3) is 2.73. The SMILES string of the molecule is CCN(CC)C(=O)N1CCC(N2CCCC2)C1. The van der Waals surface area contributed by atoms with Gasteiger partial charge in [0, 0.05) is 32.2 Å². The predicted molar refractivity (Wildman–Crippen MR) is 69.1 cm³/mol. The minimum Gasteiger partial charge on any atom is -0.325 e. The number of hydrogen-bond acceptors (Lipinski definition) is 2. The van der Waals surface area contributed by atoms with E-state index in [1.807, 2.05) is 9.80 Å². The molecule has 0 aromatic rings. The maximum Gasteiger partial charge on any atom is 0.320 e. The zero-order valence-electron chi connectivity index (χ0n) is 11.2. The van der Waals surface area contributed by atoms with Crippen LogP contribution >= 0.6 is 0 Å². The molecule has 1 unspecified atom stereocenters. The van der Waals surface area contributed by atoms with Gasteiger partial charge in [-0.3, -0.25) is 4.90 Å². The number of nitrogens with zero attached hydrogens (tertiary/aromatic N) is 3. The minimum absolute atomic E-state index is 0.233. The summed E-state index contributed by atoms with van der Waals surface area (Å²) in [5, 5.41) is 0. The van der Waals surface area contributed by atoms with E-state index in [0.717, 1.165) is 32.6 Å². The molecule has 98 valence electrons. The van der Waals surface area contributed by atoms with Gasteiger partial charge in [-0.05, 0) is 46.2 Å². The molecule has 2 amide bonds. The van der Waals surface area contributed by atoms with Gasteiger partial charge in [0.25, 0.3) is 0 Å². The van der Waals surface area contributed by atoms with Crippen molar-refractivity contribution in [1.29, 1.82) is 0 Å². The van der Waals surface area contributed by atoms with Crippen LogP contribution in [0.25, 0.3) is 0 Å². The van der Waals surface area contributed by atoms with Crippen molar-refractivity contribution in [3.05, 3.63) is 0 Å². The summed E-state index contributed by atoms with van der Waals surface area (Å²) in [4.78, 5) is 18.7. The van der Waals surface area contributed by atoms with Gasteiger partial charge in [-0.1, -0.05) is 0 Å². The summed E-state index contributed by atoms with van der Waals surface area (Å²) in [6.07, 6.45) is 3.83. The van der Waals surface area contributed by atoms with Crippen molar-refractivity contribution in [2.45, 2.75) is 39.2 Å². The van der Waals surface area contributed by atoms with Gasteiger partial charge in [0.15, 0.2) is 0 Å². The van der Waals surface area contributed by atoms with Gasteiger partial charge >= 0.3 is 6.03 Å². The first-order chi connectivity index (χ1) is 8.26. The topological polar surface area (TPSA) is 26.8 Å². The lowest BCUT2D eigenvalue weighted by Gasteiger charge is -2.27. The molecule has 17 heavy (non-hydrogen) atoms. The van der Waals surface area contributed by atoms with E-state index < -0.39 is 0 Å². The van der Waals surface area contributed by atoms with Crippen LogP contribution in [0.15, 0.2) is 0 Å². The number of rotatable bonds is 3. The Kier molecular flexibility index (Phi) is 4.26. The maximum absolute atomic E-state index is 12.2. The van der Waals surface area contributed by atoms with E-state index in [1.165, 1.54) is 25.9 Å². The molecule has 2 aliphatic heterocycles. The Bertz CT molecular complexity index is 259. The van der Waals surface area contributed by atoms with E-state index in [9.17, 15) is 4.79 Å². The third-order valence-electron chi connectivity index (χ3n) is 4.12. The van der Waals surface area contributed by atoms with E-state index in [1.54, 1.807) is 0 Å². The van der Waals surface area contributed by atoms with Crippen molar-refractivity contribution in [3.8, 4) is 0 Å². The summed E-state index contributed by atoms with van der Waals surface area (Å²) in [7, 11) is 0. The van der Waals surface area contributed by atoms with E-state index in [0.29, 0.717) is 6.04 Å². The molecule has 2 heterocycles. The molecule has 2 saturated heterocycles. The van der Waals surface area contributed by atoms with Crippen molar-refractivity contribution >= 4 is 6.03 Å². The Labute approximate surface area is 105 Å². The fourth-order valence-corrected chi connectivity index (χ4v) is 3.01. The van der Waals surface area contributed by atoms with Crippen LogP contribution in [-0.4, -0.2) is 66.0 Å². The van der Waals surface area contributed by atoms with E-state index in [2.05, 4.69) is 18.7 Å². The monoisotopic (exact) mass is 239 g/mol. The number of urea groups is 1. The van der Waals surface area contributed by atoms with Crippen LogP contribution in [0.4, 0.5) is 4.79 Å². The van der Waals surface area contributed by atoms with Gasteiger partial charge in [-0.15, -0.1) is 0 Å². The Morgan fingerprint density at radius 1 is 1.18 bits per heavy atom. The number of hydrogen-bond donors (Lipinski definition) is 0. The highest BCUT2D eigenvalue weighted by molar-refractivity contribution is 5.74. The first kappa shape index (κ1) is 12.7. The molecule has 0 N–H and O–H groups in total. The second-order valence-corrected chi connectivity index (χ2v) is 5.09. The van der Waals surface area contributed by atoms with Crippen molar-refractivity contribution in [1.82, 2.24) is 14.7 Å². The Balaban J connectivity index is 1.86. The summed E-state index contributed by atoms with van der Waals surface area (Å²) in [5.74, 6) is 0. The van der Waals surface area contributed by atoms with Gasteiger partial charge in [0.2, 0.25) is 0 Å². The molecule has 0 aromatic carbocycles. The number of amides is 2. The molecule has 4 nitrogen and oxygen atoms in total. The molecule has 0 aliphatic carbocycles. The highest BCUT2D eigenvalue weighted by Crippen LogP contribution is 2.21. The van der Waals surface area contributed by atoms with E-state index in [4.69, 9.17) is 0 Å². The molecule has 2 rings (SSSR count). The molecule has 0 aromatic heterocycles. The fourth-order valence-electron chi connectivity index (χ4n) is 3.01. The molecule has 0 spiro atoms. The van der Waals surface area contributed by atoms with Crippen molar-refractivity contribution < 1.29 is 4.79 Å². The predicted octanol–water partition coefficient (Wildman–Crippen LogP) is 1.62. The van der Waals surface area contributed by atoms with Crippen molar-refractivity contribution in [2.24, 2.45) is 0 Å². The Morgan fingerprint density at radius 2 is 1.82 bits per heavy atom. The zero-order chi connectivity index (χ0) is 12.3. The average Bonchev–Trinajstić information content (AvgIpc) is 3.01. The largest absolute Gasteiger partial charge is 0.325 e. The van der Waals surface area contributed by atoms with Crippen LogP contribution in [0.2, 0.25) is 0 Å². The second kappa shape index (κ2) is 5.71. The van der Waals surface area contributed by atoms with Crippen molar-refractivity contribution in [3.63, 3.8) is 0 Å². The Morgan fingerprint density at radius 3 is 2.41 bits per heavy atom. The zero-order valence-corrected chi connectivity index (χ0v) is 11.2. The van der Waals surface area contributed by atoms with E-state index in [-0.39, 0.29) is 6.03 Å². The molecular formula is C13H25N3O. The van der Waals surface area contributed by atoms with E-state index >= 15 is 0 Å². The van der Waals surface area contributed by atoms with Crippen LogP contribution in [0.3, 0.4) is 0 Å².